The summed E-state index contributed by atoms with van der Waals surface area (Å²) in [6, 6.07) is 11.7. The van der Waals surface area contributed by atoms with Crippen molar-refractivity contribution in [2.75, 3.05) is 13.2 Å². The molecule has 2 atom stereocenters. The van der Waals surface area contributed by atoms with Crippen molar-refractivity contribution < 1.29 is 9.53 Å². The molecule has 2 aromatic rings. The standard InChI is InChI=1S/C19H23N3O2S/c1-13-11-14(2)22-19(21-13)25-17(15-7-4-3-5-8-15)18(23)20-12-16-9-6-10-24-16/h3-5,7-8,11,16-17H,6,9-10,12H2,1-2H3,(H,20,23)/t16-,17-/m1/s1. The number of amides is 1. The van der Waals surface area contributed by atoms with Gasteiger partial charge >= 0.3 is 0 Å². The number of nitrogens with one attached hydrogen (secondary N) is 1. The zero-order valence-electron chi connectivity index (χ0n) is 14.6. The monoisotopic (exact) mass is 357 g/mol. The van der Waals surface area contributed by atoms with Gasteiger partial charge in [0, 0.05) is 24.5 Å². The van der Waals surface area contributed by atoms with E-state index in [9.17, 15) is 4.79 Å². The molecule has 0 bridgehead atoms. The summed E-state index contributed by atoms with van der Waals surface area (Å²) in [5.41, 5.74) is 2.75. The maximum atomic E-state index is 12.8. The van der Waals surface area contributed by atoms with E-state index in [1.807, 2.05) is 50.2 Å². The van der Waals surface area contributed by atoms with Crippen LogP contribution in [0.15, 0.2) is 41.6 Å². The summed E-state index contributed by atoms with van der Waals surface area (Å²) in [5, 5.41) is 3.27. The lowest BCUT2D eigenvalue weighted by atomic mass is 10.1. The van der Waals surface area contributed by atoms with E-state index in [-0.39, 0.29) is 17.3 Å². The highest BCUT2D eigenvalue weighted by molar-refractivity contribution is 8.00. The third-order valence-electron chi connectivity index (χ3n) is 4.05. The van der Waals surface area contributed by atoms with Crippen LogP contribution in [0.2, 0.25) is 0 Å². The molecule has 0 radical (unpaired) electrons. The molecule has 2 heterocycles. The Kier molecular flexibility index (Phi) is 6.04. The number of carbonyl (C=O) groups excluding carboxylic acids is 1. The van der Waals surface area contributed by atoms with E-state index in [0.717, 1.165) is 36.4 Å². The number of thioether (sulfide) groups is 1. The lowest BCUT2D eigenvalue weighted by Gasteiger charge is -2.18. The molecule has 5 nitrogen and oxygen atoms in total. The number of hydrogen-bond donors (Lipinski definition) is 1. The predicted octanol–water partition coefficient (Wildman–Crippen LogP) is 3.22. The van der Waals surface area contributed by atoms with Gasteiger partial charge in [-0.05, 0) is 38.3 Å². The summed E-state index contributed by atoms with van der Waals surface area (Å²) >= 11 is 1.39. The second-order valence-corrected chi connectivity index (χ2v) is 7.29. The summed E-state index contributed by atoms with van der Waals surface area (Å²) in [5.74, 6) is -0.0329. The number of aromatic nitrogens is 2. The molecular formula is C19H23N3O2S. The van der Waals surface area contributed by atoms with Gasteiger partial charge in [0.25, 0.3) is 0 Å². The van der Waals surface area contributed by atoms with Gasteiger partial charge in [-0.25, -0.2) is 9.97 Å². The van der Waals surface area contributed by atoms with Crippen LogP contribution in [-0.4, -0.2) is 35.1 Å². The first-order valence-electron chi connectivity index (χ1n) is 8.55. The minimum Gasteiger partial charge on any atom is -0.376 e. The number of ether oxygens (including phenoxy) is 1. The molecule has 132 valence electrons. The second-order valence-electron chi connectivity index (χ2n) is 6.22. The van der Waals surface area contributed by atoms with Gasteiger partial charge in [-0.2, -0.15) is 0 Å². The molecular weight excluding hydrogens is 334 g/mol. The topological polar surface area (TPSA) is 64.1 Å². The van der Waals surface area contributed by atoms with Gasteiger partial charge in [-0.1, -0.05) is 42.1 Å². The summed E-state index contributed by atoms with van der Waals surface area (Å²) in [7, 11) is 0. The smallest absolute Gasteiger partial charge is 0.238 e. The van der Waals surface area contributed by atoms with Crippen molar-refractivity contribution in [2.45, 2.75) is 43.2 Å². The number of nitrogens with zero attached hydrogens (tertiary/aromatic N) is 2. The molecule has 1 fully saturated rings. The highest BCUT2D eigenvalue weighted by Gasteiger charge is 2.25. The van der Waals surface area contributed by atoms with E-state index in [4.69, 9.17) is 4.74 Å². The van der Waals surface area contributed by atoms with Crippen molar-refractivity contribution in [2.24, 2.45) is 0 Å². The molecule has 1 N–H and O–H groups in total. The highest BCUT2D eigenvalue weighted by Crippen LogP contribution is 2.33. The SMILES string of the molecule is Cc1cc(C)nc(S[C@@H](C(=O)NC[C@H]2CCCO2)c2ccccc2)n1. The summed E-state index contributed by atoms with van der Waals surface area (Å²) in [6.45, 7) is 5.21. The Morgan fingerprint density at radius 2 is 2.00 bits per heavy atom. The van der Waals surface area contributed by atoms with E-state index in [1.54, 1.807) is 0 Å². The Bertz CT molecular complexity index is 698. The fourth-order valence-corrected chi connectivity index (χ4v) is 3.95. The van der Waals surface area contributed by atoms with E-state index in [0.29, 0.717) is 11.7 Å². The van der Waals surface area contributed by atoms with Gasteiger partial charge in [-0.3, -0.25) is 4.79 Å². The number of carbonyl (C=O) groups is 1. The number of rotatable bonds is 6. The van der Waals surface area contributed by atoms with Crippen molar-refractivity contribution in [1.82, 2.24) is 15.3 Å². The fraction of sp³-hybridized carbons (Fsp3) is 0.421. The van der Waals surface area contributed by atoms with Crippen molar-refractivity contribution in [3.05, 3.63) is 53.3 Å². The molecule has 0 saturated carbocycles. The third-order valence-corrected chi connectivity index (χ3v) is 5.17. The maximum absolute atomic E-state index is 12.8. The molecule has 1 aliphatic rings. The molecule has 1 amide bonds. The largest absolute Gasteiger partial charge is 0.376 e. The number of hydrogen-bond acceptors (Lipinski definition) is 5. The average Bonchev–Trinajstić information content (AvgIpc) is 3.11. The van der Waals surface area contributed by atoms with Gasteiger partial charge in [-0.15, -0.1) is 0 Å². The normalized spacial score (nSPS) is 18.1. The van der Waals surface area contributed by atoms with Crippen molar-refractivity contribution in [3.63, 3.8) is 0 Å². The zero-order chi connectivity index (χ0) is 17.6. The lowest BCUT2D eigenvalue weighted by molar-refractivity contribution is -0.121. The van der Waals surface area contributed by atoms with Gasteiger partial charge < -0.3 is 10.1 Å². The molecule has 1 aliphatic heterocycles. The van der Waals surface area contributed by atoms with Crippen LogP contribution in [-0.2, 0) is 9.53 Å². The molecule has 0 unspecified atom stereocenters. The Balaban J connectivity index is 1.75. The van der Waals surface area contributed by atoms with Gasteiger partial charge in [0.05, 0.1) is 6.10 Å². The Labute approximate surface area is 152 Å². The van der Waals surface area contributed by atoms with E-state index in [2.05, 4.69) is 15.3 Å². The second kappa shape index (κ2) is 8.45. The highest BCUT2D eigenvalue weighted by atomic mass is 32.2. The van der Waals surface area contributed by atoms with Crippen LogP contribution in [0.25, 0.3) is 0 Å². The number of benzene rings is 1. The van der Waals surface area contributed by atoms with Gasteiger partial charge in [0.1, 0.15) is 5.25 Å². The Morgan fingerprint density at radius 3 is 2.64 bits per heavy atom. The first-order valence-corrected chi connectivity index (χ1v) is 9.43. The van der Waals surface area contributed by atoms with Crippen molar-refractivity contribution in [1.29, 1.82) is 0 Å². The fourth-order valence-electron chi connectivity index (χ4n) is 2.86. The molecule has 6 heteroatoms. The third kappa shape index (κ3) is 5.03. The average molecular weight is 357 g/mol. The molecule has 3 rings (SSSR count). The molecule has 0 spiro atoms. The first kappa shape index (κ1) is 17.9. The van der Waals surface area contributed by atoms with Crippen molar-refractivity contribution in [3.8, 4) is 0 Å². The lowest BCUT2D eigenvalue weighted by Crippen LogP contribution is -2.34. The minimum atomic E-state index is -0.385. The Hall–Kier alpha value is -1.92. The van der Waals surface area contributed by atoms with Crippen LogP contribution in [0.3, 0.4) is 0 Å². The minimum absolute atomic E-state index is 0.0329. The van der Waals surface area contributed by atoms with Crippen LogP contribution in [0.5, 0.6) is 0 Å². The number of aryl methyl sites for hydroxylation is 2. The van der Waals surface area contributed by atoms with Crippen LogP contribution < -0.4 is 5.32 Å². The molecule has 1 aromatic carbocycles. The molecule has 25 heavy (non-hydrogen) atoms. The van der Waals surface area contributed by atoms with Gasteiger partial charge in [0.15, 0.2) is 5.16 Å². The predicted molar refractivity (Wildman–Crippen MR) is 98.5 cm³/mol. The van der Waals surface area contributed by atoms with Crippen molar-refractivity contribution >= 4 is 17.7 Å². The van der Waals surface area contributed by atoms with Crippen LogP contribution in [0.1, 0.15) is 35.0 Å². The van der Waals surface area contributed by atoms with E-state index >= 15 is 0 Å². The maximum Gasteiger partial charge on any atom is 0.238 e. The quantitative estimate of drug-likeness (QED) is 0.635. The van der Waals surface area contributed by atoms with Crippen LogP contribution in [0, 0.1) is 13.8 Å². The summed E-state index contributed by atoms with van der Waals surface area (Å²) < 4.78 is 5.59. The zero-order valence-corrected chi connectivity index (χ0v) is 15.4. The summed E-state index contributed by atoms with van der Waals surface area (Å²) in [4.78, 5) is 21.8. The van der Waals surface area contributed by atoms with E-state index in [1.165, 1.54) is 11.8 Å². The van der Waals surface area contributed by atoms with Crippen LogP contribution in [0.4, 0.5) is 0 Å². The Morgan fingerprint density at radius 1 is 1.28 bits per heavy atom. The molecule has 1 saturated heterocycles. The van der Waals surface area contributed by atoms with Crippen LogP contribution >= 0.6 is 11.8 Å². The first-order chi connectivity index (χ1) is 12.1. The van der Waals surface area contributed by atoms with Gasteiger partial charge in [0.2, 0.25) is 5.91 Å². The molecule has 1 aromatic heterocycles. The summed E-state index contributed by atoms with van der Waals surface area (Å²) in [6.07, 6.45) is 2.19. The molecule has 0 aliphatic carbocycles. The van der Waals surface area contributed by atoms with E-state index < -0.39 is 0 Å².